The van der Waals surface area contributed by atoms with Gasteiger partial charge in [0.1, 0.15) is 5.41 Å². The predicted octanol–water partition coefficient (Wildman–Crippen LogP) is 2.91. The first kappa shape index (κ1) is 9.89. The highest BCUT2D eigenvalue weighted by Gasteiger charge is 2.57. The molecule has 2 aliphatic rings. The molecule has 2 aliphatic carbocycles. The molecular formula is C16H12O2. The lowest BCUT2D eigenvalue weighted by atomic mass is 9.75. The van der Waals surface area contributed by atoms with E-state index in [1.807, 2.05) is 36.4 Å². The largest absolute Gasteiger partial charge is 0.480 e. The van der Waals surface area contributed by atoms with E-state index >= 15 is 0 Å². The number of hydrogen-bond donors (Lipinski definition) is 1. The Morgan fingerprint density at radius 3 is 2.00 bits per heavy atom. The SMILES string of the molecule is O=C(O)C12CC(c3ccccc31)c1ccccc12. The van der Waals surface area contributed by atoms with Gasteiger partial charge in [-0.3, -0.25) is 4.79 Å². The molecule has 0 saturated heterocycles. The first-order valence-electron chi connectivity index (χ1n) is 6.17. The maximum atomic E-state index is 11.9. The first-order chi connectivity index (χ1) is 8.75. The molecule has 2 bridgehead atoms. The van der Waals surface area contributed by atoms with Gasteiger partial charge in [0.2, 0.25) is 0 Å². The molecule has 0 aromatic heterocycles. The average Bonchev–Trinajstić information content (AvgIpc) is 2.93. The summed E-state index contributed by atoms with van der Waals surface area (Å²) in [7, 11) is 0. The monoisotopic (exact) mass is 236 g/mol. The van der Waals surface area contributed by atoms with Crippen LogP contribution in [0.1, 0.15) is 34.6 Å². The Morgan fingerprint density at radius 1 is 1.00 bits per heavy atom. The van der Waals surface area contributed by atoms with E-state index in [-0.39, 0.29) is 5.92 Å². The van der Waals surface area contributed by atoms with E-state index < -0.39 is 11.4 Å². The van der Waals surface area contributed by atoms with E-state index in [4.69, 9.17) is 0 Å². The summed E-state index contributed by atoms with van der Waals surface area (Å²) in [4.78, 5) is 11.9. The topological polar surface area (TPSA) is 37.3 Å². The van der Waals surface area contributed by atoms with Crippen molar-refractivity contribution in [2.75, 3.05) is 0 Å². The Morgan fingerprint density at radius 2 is 1.50 bits per heavy atom. The van der Waals surface area contributed by atoms with E-state index in [9.17, 15) is 9.90 Å². The van der Waals surface area contributed by atoms with E-state index in [0.29, 0.717) is 6.42 Å². The summed E-state index contributed by atoms with van der Waals surface area (Å²) < 4.78 is 0. The maximum Gasteiger partial charge on any atom is 0.318 e. The Kier molecular flexibility index (Phi) is 1.66. The maximum absolute atomic E-state index is 11.9. The van der Waals surface area contributed by atoms with Gasteiger partial charge in [0.25, 0.3) is 0 Å². The van der Waals surface area contributed by atoms with Gasteiger partial charge in [-0.05, 0) is 28.7 Å². The fraction of sp³-hybridized carbons (Fsp3) is 0.188. The van der Waals surface area contributed by atoms with Crippen LogP contribution >= 0.6 is 0 Å². The highest BCUT2D eigenvalue weighted by molar-refractivity contribution is 5.91. The Labute approximate surface area is 105 Å². The van der Waals surface area contributed by atoms with Gasteiger partial charge in [-0.25, -0.2) is 0 Å². The molecular weight excluding hydrogens is 224 g/mol. The van der Waals surface area contributed by atoms with Gasteiger partial charge in [-0.1, -0.05) is 48.5 Å². The number of carbonyl (C=O) groups is 1. The fourth-order valence-corrected chi connectivity index (χ4v) is 3.76. The van der Waals surface area contributed by atoms with Crippen LogP contribution < -0.4 is 0 Å². The molecule has 2 aromatic rings. The summed E-state index contributed by atoms with van der Waals surface area (Å²) in [6.07, 6.45) is 0.682. The van der Waals surface area contributed by atoms with Gasteiger partial charge in [-0.2, -0.15) is 0 Å². The number of carboxylic acid groups (broad SMARTS) is 1. The minimum absolute atomic E-state index is 0.258. The van der Waals surface area contributed by atoms with Crippen molar-refractivity contribution in [2.24, 2.45) is 0 Å². The van der Waals surface area contributed by atoms with Gasteiger partial charge in [0, 0.05) is 5.92 Å². The zero-order valence-electron chi connectivity index (χ0n) is 9.76. The molecule has 1 N–H and O–H groups in total. The Balaban J connectivity index is 2.12. The summed E-state index contributed by atoms with van der Waals surface area (Å²) in [5, 5.41) is 9.78. The highest BCUT2D eigenvalue weighted by Crippen LogP contribution is 2.60. The van der Waals surface area contributed by atoms with Crippen LogP contribution in [0.4, 0.5) is 0 Å². The number of aliphatic carboxylic acids is 1. The van der Waals surface area contributed by atoms with E-state index in [0.717, 1.165) is 11.1 Å². The van der Waals surface area contributed by atoms with Crippen molar-refractivity contribution < 1.29 is 9.90 Å². The Hall–Kier alpha value is -2.09. The van der Waals surface area contributed by atoms with Crippen LogP contribution in [0.5, 0.6) is 0 Å². The third-order valence-corrected chi connectivity index (χ3v) is 4.47. The Bertz CT molecular complexity index is 625. The van der Waals surface area contributed by atoms with E-state index in [2.05, 4.69) is 12.1 Å². The first-order valence-corrected chi connectivity index (χ1v) is 6.17. The van der Waals surface area contributed by atoms with Crippen molar-refractivity contribution in [1.82, 2.24) is 0 Å². The van der Waals surface area contributed by atoms with Gasteiger partial charge in [0.15, 0.2) is 0 Å². The number of rotatable bonds is 1. The quantitative estimate of drug-likeness (QED) is 0.826. The van der Waals surface area contributed by atoms with Crippen molar-refractivity contribution >= 4 is 5.97 Å². The molecule has 0 atom stereocenters. The number of hydrogen-bond acceptors (Lipinski definition) is 1. The molecule has 0 fully saturated rings. The predicted molar refractivity (Wildman–Crippen MR) is 67.8 cm³/mol. The third-order valence-electron chi connectivity index (χ3n) is 4.47. The van der Waals surface area contributed by atoms with Crippen molar-refractivity contribution in [3.63, 3.8) is 0 Å². The summed E-state index contributed by atoms with van der Waals surface area (Å²) in [6, 6.07) is 16.0. The highest BCUT2D eigenvalue weighted by atomic mass is 16.4. The molecule has 4 rings (SSSR count). The second kappa shape index (κ2) is 3.02. The molecule has 0 amide bonds. The molecule has 0 unspecified atom stereocenters. The number of fused-ring (bicyclic) bond motifs is 8. The second-order valence-corrected chi connectivity index (χ2v) is 5.14. The molecule has 0 saturated carbocycles. The summed E-state index contributed by atoms with van der Waals surface area (Å²) in [5.74, 6) is -0.462. The number of benzene rings is 2. The molecule has 2 nitrogen and oxygen atoms in total. The van der Waals surface area contributed by atoms with Crippen LogP contribution in [0.25, 0.3) is 0 Å². The molecule has 2 aromatic carbocycles. The van der Waals surface area contributed by atoms with Crippen LogP contribution in [-0.2, 0) is 10.2 Å². The zero-order chi connectivity index (χ0) is 12.3. The molecule has 0 radical (unpaired) electrons. The molecule has 88 valence electrons. The summed E-state index contributed by atoms with van der Waals surface area (Å²) in [5.41, 5.74) is 3.55. The van der Waals surface area contributed by atoms with E-state index in [1.165, 1.54) is 11.1 Å². The van der Waals surface area contributed by atoms with Gasteiger partial charge in [-0.15, -0.1) is 0 Å². The summed E-state index contributed by atoms with van der Waals surface area (Å²) >= 11 is 0. The average molecular weight is 236 g/mol. The van der Waals surface area contributed by atoms with Crippen molar-refractivity contribution in [2.45, 2.75) is 17.8 Å². The van der Waals surface area contributed by atoms with Gasteiger partial charge in [0.05, 0.1) is 0 Å². The molecule has 2 heteroatoms. The normalized spacial score (nSPS) is 26.8. The van der Waals surface area contributed by atoms with Crippen LogP contribution in [0.15, 0.2) is 48.5 Å². The third kappa shape index (κ3) is 0.894. The van der Waals surface area contributed by atoms with Crippen LogP contribution in [0.3, 0.4) is 0 Å². The smallest absolute Gasteiger partial charge is 0.318 e. The van der Waals surface area contributed by atoms with E-state index in [1.54, 1.807) is 0 Å². The molecule has 0 heterocycles. The van der Waals surface area contributed by atoms with Gasteiger partial charge < -0.3 is 5.11 Å². The molecule has 0 spiro atoms. The van der Waals surface area contributed by atoms with Crippen molar-refractivity contribution in [1.29, 1.82) is 0 Å². The standard InChI is InChI=1S/C16H12O2/c17-15(18)16-9-12(10-5-1-3-7-13(10)16)11-6-2-4-8-14(11)16/h1-8,12H,9H2,(H,17,18). The van der Waals surface area contributed by atoms with Gasteiger partial charge >= 0.3 is 5.97 Å². The second-order valence-electron chi connectivity index (χ2n) is 5.14. The zero-order valence-corrected chi connectivity index (χ0v) is 9.76. The minimum Gasteiger partial charge on any atom is -0.480 e. The number of carboxylic acids is 1. The van der Waals surface area contributed by atoms with Crippen LogP contribution in [-0.4, -0.2) is 11.1 Å². The van der Waals surface area contributed by atoms with Crippen LogP contribution in [0, 0.1) is 0 Å². The lowest BCUT2D eigenvalue weighted by Gasteiger charge is -2.26. The molecule has 0 aliphatic heterocycles. The lowest BCUT2D eigenvalue weighted by molar-refractivity contribution is -0.141. The fourth-order valence-electron chi connectivity index (χ4n) is 3.76. The lowest BCUT2D eigenvalue weighted by Crippen LogP contribution is -2.33. The van der Waals surface area contributed by atoms with Crippen molar-refractivity contribution in [3.05, 3.63) is 70.8 Å². The summed E-state index contributed by atoms with van der Waals surface area (Å²) in [6.45, 7) is 0. The van der Waals surface area contributed by atoms with Crippen molar-refractivity contribution in [3.8, 4) is 0 Å². The van der Waals surface area contributed by atoms with Crippen LogP contribution in [0.2, 0.25) is 0 Å². The minimum atomic E-state index is -0.808. The molecule has 18 heavy (non-hydrogen) atoms.